The maximum absolute atomic E-state index is 5.98. The smallest absolute Gasteiger partial charge is 0.237 e. The predicted octanol–water partition coefficient (Wildman–Crippen LogP) is 5.45. The van der Waals surface area contributed by atoms with E-state index < -0.39 is 0 Å². The van der Waals surface area contributed by atoms with E-state index in [0.29, 0.717) is 23.2 Å². The van der Waals surface area contributed by atoms with Gasteiger partial charge in [-0.15, -0.1) is 11.3 Å². The number of thiophene rings is 1. The van der Waals surface area contributed by atoms with E-state index in [2.05, 4.69) is 36.1 Å². The Balaban J connectivity index is 2.00. The molecule has 3 aromatic heterocycles. The lowest BCUT2D eigenvalue weighted by molar-refractivity contribution is 0.542. The van der Waals surface area contributed by atoms with Gasteiger partial charge >= 0.3 is 0 Å². The van der Waals surface area contributed by atoms with Crippen molar-refractivity contribution >= 4 is 35.6 Å². The normalized spacial score (nSPS) is 13.2. The Bertz CT molecular complexity index is 1160. The largest absolute Gasteiger partial charge is 0.435 e. The van der Waals surface area contributed by atoms with Crippen molar-refractivity contribution in [3.05, 3.63) is 71.8 Å². The summed E-state index contributed by atoms with van der Waals surface area (Å²) in [7, 11) is 0. The van der Waals surface area contributed by atoms with E-state index in [1.165, 1.54) is 11.3 Å². The van der Waals surface area contributed by atoms with Gasteiger partial charge in [-0.05, 0) is 43.7 Å². The second-order valence-corrected chi connectivity index (χ2v) is 6.89. The first-order chi connectivity index (χ1) is 13.7. The van der Waals surface area contributed by atoms with E-state index in [1.807, 2.05) is 43.4 Å². The summed E-state index contributed by atoms with van der Waals surface area (Å²) in [6.07, 6.45) is 15.8. The highest BCUT2D eigenvalue weighted by molar-refractivity contribution is 7.18. The molecule has 0 bridgehead atoms. The summed E-state index contributed by atoms with van der Waals surface area (Å²) < 4.78 is 11.9. The molecule has 0 saturated heterocycles. The molecule has 0 N–H and O–H groups in total. The lowest BCUT2D eigenvalue weighted by atomic mass is 10.3. The average molecular weight is 391 g/mol. The summed E-state index contributed by atoms with van der Waals surface area (Å²) >= 11 is 1.52. The molecule has 142 valence electrons. The van der Waals surface area contributed by atoms with Gasteiger partial charge in [0.1, 0.15) is 11.0 Å². The van der Waals surface area contributed by atoms with E-state index in [1.54, 1.807) is 18.2 Å². The van der Waals surface area contributed by atoms with Crippen molar-refractivity contribution in [3.63, 3.8) is 0 Å². The third-order valence-corrected chi connectivity index (χ3v) is 4.87. The minimum atomic E-state index is 0.544. The Hall–Kier alpha value is -3.18. The van der Waals surface area contributed by atoms with Gasteiger partial charge in [-0.1, -0.05) is 50.5 Å². The molecule has 3 rings (SSSR count). The highest BCUT2D eigenvalue weighted by Crippen LogP contribution is 2.34. The monoisotopic (exact) mass is 390 g/mol. The van der Waals surface area contributed by atoms with Crippen LogP contribution in [-0.2, 0) is 0 Å². The number of nitrogens with zero attached hydrogens (tertiary/aromatic N) is 2. The molecule has 28 heavy (non-hydrogen) atoms. The number of rotatable bonds is 7. The Morgan fingerprint density at radius 1 is 1.07 bits per heavy atom. The molecule has 0 radical (unpaired) electrons. The quantitative estimate of drug-likeness (QED) is 0.504. The van der Waals surface area contributed by atoms with E-state index in [9.17, 15) is 0 Å². The van der Waals surface area contributed by atoms with Gasteiger partial charge in [0.05, 0.1) is 9.75 Å². The standard InChI is InChI=1S/C23H22N2O2S/c1-5-9-12-18-16(8-4)24-22(26-18)20-14-15-21(28-20)23-25-17(11-7-3)19(27-23)13-10-6-2/h5-6,8-15H,1,4,7H2,2-3H3/b10-6-,12-9-,17-11+,19-13+. The van der Waals surface area contributed by atoms with Gasteiger partial charge in [-0.2, -0.15) is 0 Å². The highest BCUT2D eigenvalue weighted by Gasteiger charge is 2.15. The first-order valence-electron chi connectivity index (χ1n) is 9.03. The van der Waals surface area contributed by atoms with Gasteiger partial charge in [-0.3, -0.25) is 0 Å². The van der Waals surface area contributed by atoms with Crippen LogP contribution in [0.1, 0.15) is 31.7 Å². The van der Waals surface area contributed by atoms with Crippen LogP contribution in [0.2, 0.25) is 0 Å². The third-order valence-electron chi connectivity index (χ3n) is 3.80. The molecule has 4 nitrogen and oxygen atoms in total. The van der Waals surface area contributed by atoms with Crippen molar-refractivity contribution in [1.82, 2.24) is 9.97 Å². The molecular weight excluding hydrogens is 368 g/mol. The Morgan fingerprint density at radius 2 is 1.82 bits per heavy atom. The topological polar surface area (TPSA) is 52.1 Å². The van der Waals surface area contributed by atoms with Crippen LogP contribution in [0.15, 0.2) is 58.4 Å². The van der Waals surface area contributed by atoms with Crippen molar-refractivity contribution in [2.75, 3.05) is 0 Å². The summed E-state index contributed by atoms with van der Waals surface area (Å²) in [4.78, 5) is 11.0. The maximum atomic E-state index is 5.98. The van der Waals surface area contributed by atoms with E-state index >= 15 is 0 Å². The Morgan fingerprint density at radius 3 is 2.46 bits per heavy atom. The van der Waals surface area contributed by atoms with Crippen LogP contribution in [-0.4, -0.2) is 9.97 Å². The fraction of sp³-hybridized carbons (Fsp3) is 0.130. The molecule has 0 aromatic carbocycles. The number of hydrogen-bond donors (Lipinski definition) is 0. The van der Waals surface area contributed by atoms with Crippen LogP contribution >= 0.6 is 11.3 Å². The van der Waals surface area contributed by atoms with Crippen molar-refractivity contribution in [2.24, 2.45) is 0 Å². The fourth-order valence-electron chi connectivity index (χ4n) is 2.53. The molecule has 0 spiro atoms. The molecule has 3 heterocycles. The maximum Gasteiger partial charge on any atom is 0.237 e. The molecular formula is C23H22N2O2S. The SMILES string of the molecule is C=C/C=C\c1oc(-c2ccc(-c3nc(=C/CC)/c(=C\C=C/C)o3)s2)nc1C=C. The lowest BCUT2D eigenvalue weighted by Crippen LogP contribution is -2.21. The second kappa shape index (κ2) is 9.15. The lowest BCUT2D eigenvalue weighted by Gasteiger charge is -1.88. The van der Waals surface area contributed by atoms with Crippen molar-refractivity contribution in [1.29, 1.82) is 0 Å². The number of allylic oxidation sites excluding steroid dienone is 4. The van der Waals surface area contributed by atoms with Crippen LogP contribution in [0.5, 0.6) is 0 Å². The van der Waals surface area contributed by atoms with Gasteiger partial charge in [-0.25, -0.2) is 9.97 Å². The zero-order valence-corrected chi connectivity index (χ0v) is 16.8. The first kappa shape index (κ1) is 19.6. The van der Waals surface area contributed by atoms with Crippen LogP contribution in [0, 0.1) is 0 Å². The number of oxazole rings is 2. The molecule has 0 fully saturated rings. The second-order valence-electron chi connectivity index (χ2n) is 5.80. The predicted molar refractivity (Wildman–Crippen MR) is 118 cm³/mol. The van der Waals surface area contributed by atoms with Crippen molar-refractivity contribution in [3.8, 4) is 21.5 Å². The van der Waals surface area contributed by atoms with Gasteiger partial charge in [0.2, 0.25) is 11.8 Å². The third kappa shape index (κ3) is 4.21. The Kier molecular flexibility index (Phi) is 6.40. The van der Waals surface area contributed by atoms with E-state index in [-0.39, 0.29) is 0 Å². The minimum absolute atomic E-state index is 0.544. The average Bonchev–Trinajstić information content (AvgIpc) is 3.42. The Labute approximate surface area is 168 Å². The molecule has 0 aliphatic heterocycles. The molecule has 0 atom stereocenters. The summed E-state index contributed by atoms with van der Waals surface area (Å²) in [5.41, 5.74) is 1.45. The molecule has 0 aliphatic rings. The van der Waals surface area contributed by atoms with Crippen LogP contribution in [0.4, 0.5) is 0 Å². The minimum Gasteiger partial charge on any atom is -0.435 e. The van der Waals surface area contributed by atoms with Gasteiger partial charge < -0.3 is 8.83 Å². The zero-order valence-electron chi connectivity index (χ0n) is 16.0. The van der Waals surface area contributed by atoms with E-state index in [0.717, 1.165) is 26.9 Å². The zero-order chi connectivity index (χ0) is 19.9. The van der Waals surface area contributed by atoms with Crippen LogP contribution in [0.25, 0.3) is 45.8 Å². The molecule has 0 saturated carbocycles. The highest BCUT2D eigenvalue weighted by atomic mass is 32.1. The molecule has 0 amide bonds. The number of hydrogen-bond acceptors (Lipinski definition) is 5. The van der Waals surface area contributed by atoms with E-state index in [4.69, 9.17) is 8.83 Å². The molecule has 5 heteroatoms. The molecule has 3 aromatic rings. The molecule has 0 unspecified atom stereocenters. The molecule has 0 aliphatic carbocycles. The fourth-order valence-corrected chi connectivity index (χ4v) is 3.39. The van der Waals surface area contributed by atoms with Crippen LogP contribution in [0.3, 0.4) is 0 Å². The first-order valence-corrected chi connectivity index (χ1v) is 9.84. The van der Waals surface area contributed by atoms with Gasteiger partial charge in [0.15, 0.2) is 11.2 Å². The van der Waals surface area contributed by atoms with Crippen molar-refractivity contribution < 1.29 is 8.83 Å². The van der Waals surface area contributed by atoms with Gasteiger partial charge in [0.25, 0.3) is 0 Å². The summed E-state index contributed by atoms with van der Waals surface area (Å²) in [6, 6.07) is 3.93. The van der Waals surface area contributed by atoms with Crippen LogP contribution < -0.4 is 10.8 Å². The number of aromatic nitrogens is 2. The van der Waals surface area contributed by atoms with Gasteiger partial charge in [0, 0.05) is 0 Å². The summed E-state index contributed by atoms with van der Waals surface area (Å²) in [5.74, 6) is 1.79. The summed E-state index contributed by atoms with van der Waals surface area (Å²) in [5, 5.41) is 0.854. The van der Waals surface area contributed by atoms with Crippen molar-refractivity contribution in [2.45, 2.75) is 20.3 Å². The summed E-state index contributed by atoms with van der Waals surface area (Å²) in [6.45, 7) is 11.5.